The van der Waals surface area contributed by atoms with E-state index in [9.17, 15) is 15.2 Å². The summed E-state index contributed by atoms with van der Waals surface area (Å²) in [7, 11) is 0. The molecule has 0 aliphatic heterocycles. The fourth-order valence-electron chi connectivity index (χ4n) is 2.40. The van der Waals surface area contributed by atoms with Gasteiger partial charge in [0.1, 0.15) is 11.6 Å². The molecule has 1 rings (SSSR count). The van der Waals surface area contributed by atoms with E-state index in [2.05, 4.69) is 0 Å². The Morgan fingerprint density at radius 3 is 2.32 bits per heavy atom. The Hall–Kier alpha value is -1.88. The predicted octanol–water partition coefficient (Wildman–Crippen LogP) is -0.0694. The first-order valence-electron chi connectivity index (χ1n) is 7.31. The van der Waals surface area contributed by atoms with Crippen LogP contribution in [0.15, 0.2) is 4.79 Å². The molecule has 0 unspecified atom stereocenters. The summed E-state index contributed by atoms with van der Waals surface area (Å²) in [6.07, 6.45) is 0.651. The molecule has 0 aliphatic rings. The number of pyridine rings is 1. The smallest absolute Gasteiger partial charge is 0.271 e. The van der Waals surface area contributed by atoms with E-state index in [4.69, 9.17) is 10.2 Å². The summed E-state index contributed by atoms with van der Waals surface area (Å²) >= 11 is 0. The molecule has 7 heteroatoms. The third kappa shape index (κ3) is 3.85. The van der Waals surface area contributed by atoms with Gasteiger partial charge in [-0.05, 0) is 18.9 Å². The second-order valence-electron chi connectivity index (χ2n) is 5.09. The van der Waals surface area contributed by atoms with Gasteiger partial charge in [0, 0.05) is 31.7 Å². The van der Waals surface area contributed by atoms with E-state index in [0.717, 1.165) is 0 Å². The van der Waals surface area contributed by atoms with E-state index in [0.29, 0.717) is 37.2 Å². The number of aromatic hydroxyl groups is 1. The van der Waals surface area contributed by atoms with Crippen LogP contribution in [0.1, 0.15) is 30.0 Å². The molecule has 0 aliphatic carbocycles. The molecule has 3 N–H and O–H groups in total. The van der Waals surface area contributed by atoms with Crippen LogP contribution in [0.2, 0.25) is 0 Å². The van der Waals surface area contributed by atoms with E-state index in [1.807, 2.05) is 13.0 Å². The average Bonchev–Trinajstić information content (AvgIpc) is 2.49. The topological polar surface area (TPSA) is 110 Å². The number of rotatable bonds is 8. The van der Waals surface area contributed by atoms with Crippen LogP contribution in [0.4, 0.5) is 0 Å². The minimum absolute atomic E-state index is 0.0224. The van der Waals surface area contributed by atoms with Gasteiger partial charge in [-0.2, -0.15) is 5.26 Å². The normalized spacial score (nSPS) is 10.9. The van der Waals surface area contributed by atoms with Gasteiger partial charge in [0.15, 0.2) is 5.88 Å². The lowest BCUT2D eigenvalue weighted by molar-refractivity contribution is 0.154. The average molecular weight is 309 g/mol. The number of hydrogen-bond acceptors (Lipinski definition) is 6. The van der Waals surface area contributed by atoms with Crippen LogP contribution in [0.3, 0.4) is 0 Å². The van der Waals surface area contributed by atoms with Gasteiger partial charge in [-0.25, -0.2) is 0 Å². The molecule has 7 nitrogen and oxygen atoms in total. The van der Waals surface area contributed by atoms with Crippen molar-refractivity contribution in [2.24, 2.45) is 0 Å². The zero-order valence-corrected chi connectivity index (χ0v) is 13.0. The summed E-state index contributed by atoms with van der Waals surface area (Å²) in [6, 6.07) is 1.91. The van der Waals surface area contributed by atoms with Gasteiger partial charge < -0.3 is 15.3 Å². The Balaban J connectivity index is 3.37. The van der Waals surface area contributed by atoms with Crippen molar-refractivity contribution >= 4 is 0 Å². The third-order valence-corrected chi connectivity index (χ3v) is 3.59. The lowest BCUT2D eigenvalue weighted by Crippen LogP contribution is -2.32. The van der Waals surface area contributed by atoms with Crippen molar-refractivity contribution in [1.29, 1.82) is 5.26 Å². The first-order valence-corrected chi connectivity index (χ1v) is 7.31. The highest BCUT2D eigenvalue weighted by Crippen LogP contribution is 2.23. The van der Waals surface area contributed by atoms with Crippen molar-refractivity contribution in [1.82, 2.24) is 9.47 Å². The fourth-order valence-corrected chi connectivity index (χ4v) is 2.40. The summed E-state index contributed by atoms with van der Waals surface area (Å²) in [6.45, 7) is 4.56. The molecule has 0 atom stereocenters. The fraction of sp³-hybridized carbons (Fsp3) is 0.600. The molecule has 1 heterocycles. The SMILES string of the molecule is CCCn1c(O)c(CN(CCO)CCO)c(C)c(C#N)c1=O. The van der Waals surface area contributed by atoms with Crippen molar-refractivity contribution in [3.05, 3.63) is 27.0 Å². The molecule has 0 bridgehead atoms. The summed E-state index contributed by atoms with van der Waals surface area (Å²) < 4.78 is 1.21. The van der Waals surface area contributed by atoms with Gasteiger partial charge in [-0.1, -0.05) is 6.92 Å². The lowest BCUT2D eigenvalue weighted by atomic mass is 10.0. The Morgan fingerprint density at radius 2 is 1.86 bits per heavy atom. The number of nitrogens with zero attached hydrogens (tertiary/aromatic N) is 3. The summed E-state index contributed by atoms with van der Waals surface area (Å²) in [5.41, 5.74) is 0.456. The highest BCUT2D eigenvalue weighted by molar-refractivity contribution is 5.45. The summed E-state index contributed by atoms with van der Waals surface area (Å²) in [5.74, 6) is -0.149. The second-order valence-corrected chi connectivity index (χ2v) is 5.09. The maximum Gasteiger partial charge on any atom is 0.271 e. The maximum absolute atomic E-state index is 12.2. The molecule has 0 saturated carbocycles. The van der Waals surface area contributed by atoms with Crippen LogP contribution in [-0.2, 0) is 13.1 Å². The van der Waals surface area contributed by atoms with E-state index < -0.39 is 5.56 Å². The van der Waals surface area contributed by atoms with E-state index in [1.54, 1.807) is 11.8 Å². The third-order valence-electron chi connectivity index (χ3n) is 3.59. The first kappa shape index (κ1) is 18.2. The van der Waals surface area contributed by atoms with Crippen molar-refractivity contribution in [3.63, 3.8) is 0 Å². The van der Waals surface area contributed by atoms with Crippen LogP contribution < -0.4 is 5.56 Å². The monoisotopic (exact) mass is 309 g/mol. The number of hydrogen-bond donors (Lipinski definition) is 3. The van der Waals surface area contributed by atoms with Crippen molar-refractivity contribution in [2.45, 2.75) is 33.4 Å². The number of aliphatic hydroxyl groups is 2. The van der Waals surface area contributed by atoms with Gasteiger partial charge in [-0.3, -0.25) is 14.3 Å². The molecule has 22 heavy (non-hydrogen) atoms. The molecule has 0 amide bonds. The number of nitriles is 1. The highest BCUT2D eigenvalue weighted by atomic mass is 16.3. The summed E-state index contributed by atoms with van der Waals surface area (Å²) in [4.78, 5) is 14.0. The van der Waals surface area contributed by atoms with Crippen LogP contribution >= 0.6 is 0 Å². The van der Waals surface area contributed by atoms with Crippen LogP contribution in [0.25, 0.3) is 0 Å². The minimum Gasteiger partial charge on any atom is -0.494 e. The van der Waals surface area contributed by atoms with Gasteiger partial charge in [0.25, 0.3) is 5.56 Å². The Kier molecular flexibility index (Phi) is 7.05. The second kappa shape index (κ2) is 8.54. The Bertz CT molecular complexity index is 598. The molecular formula is C15H23N3O4. The van der Waals surface area contributed by atoms with Crippen molar-refractivity contribution < 1.29 is 15.3 Å². The van der Waals surface area contributed by atoms with Crippen molar-refractivity contribution in [2.75, 3.05) is 26.3 Å². The van der Waals surface area contributed by atoms with E-state index in [-0.39, 0.29) is 31.2 Å². The molecule has 0 spiro atoms. The quantitative estimate of drug-likeness (QED) is 0.620. The molecule has 122 valence electrons. The first-order chi connectivity index (χ1) is 10.5. The van der Waals surface area contributed by atoms with E-state index >= 15 is 0 Å². The minimum atomic E-state index is -0.487. The molecule has 0 fully saturated rings. The summed E-state index contributed by atoms with van der Waals surface area (Å²) in [5, 5.41) is 37.7. The standard InChI is InChI=1S/C15H23N3O4/c1-3-4-18-14(21)12(9-16)11(2)13(15(18)22)10-17(5-7-19)6-8-20/h19-20,22H,3-8,10H2,1-2H3. The van der Waals surface area contributed by atoms with Gasteiger partial charge >= 0.3 is 0 Å². The highest BCUT2D eigenvalue weighted by Gasteiger charge is 2.20. The Labute approximate surface area is 129 Å². The zero-order valence-electron chi connectivity index (χ0n) is 13.0. The largest absolute Gasteiger partial charge is 0.494 e. The molecule has 0 aromatic carbocycles. The van der Waals surface area contributed by atoms with Gasteiger partial charge in [0.05, 0.1) is 13.2 Å². The van der Waals surface area contributed by atoms with E-state index in [1.165, 1.54) is 4.57 Å². The van der Waals surface area contributed by atoms with Gasteiger partial charge in [0.2, 0.25) is 0 Å². The molecule has 1 aromatic heterocycles. The lowest BCUT2D eigenvalue weighted by Gasteiger charge is -2.23. The maximum atomic E-state index is 12.2. The molecule has 1 aromatic rings. The number of aliphatic hydroxyl groups excluding tert-OH is 2. The Morgan fingerprint density at radius 1 is 1.27 bits per heavy atom. The predicted molar refractivity (Wildman–Crippen MR) is 81.6 cm³/mol. The van der Waals surface area contributed by atoms with Gasteiger partial charge in [-0.15, -0.1) is 0 Å². The van der Waals surface area contributed by atoms with Crippen LogP contribution in [0.5, 0.6) is 5.88 Å². The van der Waals surface area contributed by atoms with Crippen molar-refractivity contribution in [3.8, 4) is 11.9 Å². The van der Waals surface area contributed by atoms with Crippen LogP contribution in [0, 0.1) is 18.3 Å². The molecule has 0 radical (unpaired) electrons. The zero-order chi connectivity index (χ0) is 16.7. The molecular weight excluding hydrogens is 286 g/mol. The number of aromatic nitrogens is 1. The molecule has 0 saturated heterocycles. The van der Waals surface area contributed by atoms with Crippen LogP contribution in [-0.4, -0.2) is 51.1 Å².